The van der Waals surface area contributed by atoms with Crippen LogP contribution in [0.15, 0.2) is 24.3 Å². The number of esters is 2. The Balaban J connectivity index is 1.43. The van der Waals surface area contributed by atoms with E-state index in [2.05, 4.69) is 16.9 Å². The second-order valence-corrected chi connectivity index (χ2v) is 5.99. The van der Waals surface area contributed by atoms with E-state index in [9.17, 15) is 9.59 Å². The van der Waals surface area contributed by atoms with Crippen molar-refractivity contribution in [3.8, 4) is 0 Å². The van der Waals surface area contributed by atoms with Crippen LogP contribution in [0.3, 0.4) is 0 Å². The SMILES string of the molecule is O=C(C=CC(=O)OC1CC2C3C=CCC3C2C1)OCCO. The molecule has 5 unspecified atom stereocenters. The predicted molar refractivity (Wildman–Crippen MR) is 74.0 cm³/mol. The number of aliphatic hydroxyl groups excluding tert-OH is 1. The minimum Gasteiger partial charge on any atom is -0.460 e. The largest absolute Gasteiger partial charge is 0.460 e. The van der Waals surface area contributed by atoms with Gasteiger partial charge < -0.3 is 14.6 Å². The highest BCUT2D eigenvalue weighted by molar-refractivity contribution is 5.91. The first-order valence-corrected chi connectivity index (χ1v) is 7.52. The van der Waals surface area contributed by atoms with Crippen molar-refractivity contribution in [1.29, 1.82) is 0 Å². The van der Waals surface area contributed by atoms with Gasteiger partial charge in [0.1, 0.15) is 12.7 Å². The Hall–Kier alpha value is -1.62. The van der Waals surface area contributed by atoms with Crippen molar-refractivity contribution in [1.82, 2.24) is 0 Å². The summed E-state index contributed by atoms with van der Waals surface area (Å²) < 4.78 is 10.0. The van der Waals surface area contributed by atoms with Gasteiger partial charge in [0.15, 0.2) is 0 Å². The maximum Gasteiger partial charge on any atom is 0.331 e. The highest BCUT2D eigenvalue weighted by atomic mass is 16.5. The average Bonchev–Trinajstić information content (AvgIpc) is 3.03. The number of hydrogen-bond donors (Lipinski definition) is 1. The number of hydrogen-bond acceptors (Lipinski definition) is 5. The summed E-state index contributed by atoms with van der Waals surface area (Å²) in [7, 11) is 0. The molecule has 21 heavy (non-hydrogen) atoms. The fourth-order valence-corrected chi connectivity index (χ4v) is 4.09. The second-order valence-electron chi connectivity index (χ2n) is 5.99. The maximum absolute atomic E-state index is 11.7. The summed E-state index contributed by atoms with van der Waals surface area (Å²) in [5.41, 5.74) is 0. The fourth-order valence-electron chi connectivity index (χ4n) is 4.09. The lowest BCUT2D eigenvalue weighted by Gasteiger charge is -2.44. The van der Waals surface area contributed by atoms with Crippen LogP contribution in [0.1, 0.15) is 19.3 Å². The smallest absolute Gasteiger partial charge is 0.331 e. The van der Waals surface area contributed by atoms with Crippen LogP contribution in [0, 0.1) is 23.7 Å². The van der Waals surface area contributed by atoms with E-state index in [4.69, 9.17) is 9.84 Å². The van der Waals surface area contributed by atoms with Gasteiger partial charge in [0.25, 0.3) is 0 Å². The van der Waals surface area contributed by atoms with E-state index >= 15 is 0 Å². The van der Waals surface area contributed by atoms with E-state index in [0.717, 1.165) is 30.9 Å². The monoisotopic (exact) mass is 292 g/mol. The molecule has 5 heteroatoms. The van der Waals surface area contributed by atoms with Crippen LogP contribution in [0.4, 0.5) is 0 Å². The molecule has 2 saturated carbocycles. The van der Waals surface area contributed by atoms with Gasteiger partial charge >= 0.3 is 11.9 Å². The standard InChI is InChI=1S/C16H20O5/c17-6-7-20-15(18)4-5-16(19)21-10-8-13-11-2-1-3-12(11)14(13)9-10/h1-2,4-5,10-14,17H,3,6-9H2. The molecule has 0 amide bonds. The van der Waals surface area contributed by atoms with Crippen LogP contribution in [0.25, 0.3) is 0 Å². The van der Waals surface area contributed by atoms with Crippen molar-refractivity contribution in [3.63, 3.8) is 0 Å². The van der Waals surface area contributed by atoms with Gasteiger partial charge in [0.2, 0.25) is 0 Å². The average molecular weight is 292 g/mol. The number of rotatable bonds is 5. The summed E-state index contributed by atoms with van der Waals surface area (Å²) in [6.07, 6.45) is 9.75. The molecule has 3 rings (SSSR count). The molecule has 2 fully saturated rings. The molecule has 0 aromatic carbocycles. The van der Waals surface area contributed by atoms with Gasteiger partial charge in [-0.3, -0.25) is 0 Å². The second kappa shape index (κ2) is 6.02. The molecule has 0 heterocycles. The Morgan fingerprint density at radius 3 is 2.71 bits per heavy atom. The van der Waals surface area contributed by atoms with Gasteiger partial charge in [-0.1, -0.05) is 12.2 Å². The molecular formula is C16H20O5. The van der Waals surface area contributed by atoms with Gasteiger partial charge in [-0.05, 0) is 42.9 Å². The molecule has 0 aromatic rings. The first-order valence-electron chi connectivity index (χ1n) is 7.52. The zero-order chi connectivity index (χ0) is 14.8. The van der Waals surface area contributed by atoms with E-state index in [1.807, 2.05) is 0 Å². The normalized spacial score (nSPS) is 36.1. The van der Waals surface area contributed by atoms with Crippen LogP contribution in [0.5, 0.6) is 0 Å². The molecule has 1 N–H and O–H groups in total. The van der Waals surface area contributed by atoms with Crippen molar-refractivity contribution >= 4 is 11.9 Å². The van der Waals surface area contributed by atoms with E-state index < -0.39 is 11.9 Å². The molecule has 0 radical (unpaired) electrons. The summed E-state index contributed by atoms with van der Waals surface area (Å²) in [6, 6.07) is 0. The minimum absolute atomic E-state index is 0.0235. The van der Waals surface area contributed by atoms with E-state index in [-0.39, 0.29) is 19.3 Å². The van der Waals surface area contributed by atoms with E-state index in [1.54, 1.807) is 0 Å². The molecule has 0 saturated heterocycles. The molecule has 0 aromatic heterocycles. The third kappa shape index (κ3) is 2.88. The number of fused-ring (bicyclic) bond motifs is 4. The molecular weight excluding hydrogens is 272 g/mol. The van der Waals surface area contributed by atoms with Gasteiger partial charge in [-0.15, -0.1) is 0 Å². The lowest BCUT2D eigenvalue weighted by Crippen LogP contribution is -2.39. The first kappa shape index (κ1) is 14.3. The highest BCUT2D eigenvalue weighted by Gasteiger charge is 2.55. The van der Waals surface area contributed by atoms with Crippen LogP contribution in [-0.2, 0) is 19.1 Å². The van der Waals surface area contributed by atoms with Crippen molar-refractivity contribution in [2.45, 2.75) is 25.4 Å². The van der Waals surface area contributed by atoms with Crippen LogP contribution < -0.4 is 0 Å². The Morgan fingerprint density at radius 2 is 1.90 bits per heavy atom. The number of carbonyl (C=O) groups excluding carboxylic acids is 2. The summed E-state index contributed by atoms with van der Waals surface area (Å²) in [5.74, 6) is 1.69. The summed E-state index contributed by atoms with van der Waals surface area (Å²) in [5, 5.41) is 8.51. The van der Waals surface area contributed by atoms with Gasteiger partial charge in [-0.25, -0.2) is 9.59 Å². The number of aliphatic hydroxyl groups is 1. The molecule has 114 valence electrons. The van der Waals surface area contributed by atoms with Crippen LogP contribution in [-0.4, -0.2) is 36.4 Å². The van der Waals surface area contributed by atoms with Crippen molar-refractivity contribution in [2.24, 2.45) is 23.7 Å². The number of allylic oxidation sites excluding steroid dienone is 2. The molecule has 5 atom stereocenters. The maximum atomic E-state index is 11.7. The van der Waals surface area contributed by atoms with Crippen LogP contribution in [0.2, 0.25) is 0 Å². The zero-order valence-electron chi connectivity index (χ0n) is 11.8. The Labute approximate surface area is 123 Å². The van der Waals surface area contributed by atoms with Crippen molar-refractivity contribution in [2.75, 3.05) is 13.2 Å². The molecule has 3 aliphatic carbocycles. The molecule has 0 bridgehead atoms. The van der Waals surface area contributed by atoms with E-state index in [0.29, 0.717) is 17.8 Å². The third-order valence-electron chi connectivity index (χ3n) is 4.90. The summed E-state index contributed by atoms with van der Waals surface area (Å²) >= 11 is 0. The third-order valence-corrected chi connectivity index (χ3v) is 4.90. The van der Waals surface area contributed by atoms with E-state index in [1.165, 1.54) is 6.42 Å². The van der Waals surface area contributed by atoms with Gasteiger partial charge in [0, 0.05) is 12.2 Å². The minimum atomic E-state index is -0.646. The molecule has 3 aliphatic rings. The molecule has 0 spiro atoms. The molecule has 5 nitrogen and oxygen atoms in total. The van der Waals surface area contributed by atoms with Crippen molar-refractivity contribution < 1.29 is 24.2 Å². The zero-order valence-corrected chi connectivity index (χ0v) is 11.8. The first-order chi connectivity index (χ1) is 10.2. The fraction of sp³-hybridized carbons (Fsp3) is 0.625. The Morgan fingerprint density at radius 1 is 1.14 bits per heavy atom. The highest BCUT2D eigenvalue weighted by Crippen LogP contribution is 2.59. The number of carbonyl (C=O) groups is 2. The summed E-state index contributed by atoms with van der Waals surface area (Å²) in [4.78, 5) is 22.8. The lowest BCUT2D eigenvalue weighted by molar-refractivity contribution is -0.144. The topological polar surface area (TPSA) is 72.8 Å². The molecule has 0 aliphatic heterocycles. The Kier molecular flexibility index (Phi) is 4.10. The predicted octanol–water partition coefficient (Wildman–Crippen LogP) is 1.22. The van der Waals surface area contributed by atoms with Gasteiger partial charge in [0.05, 0.1) is 6.61 Å². The summed E-state index contributed by atoms with van der Waals surface area (Å²) in [6.45, 7) is -0.299. The quantitative estimate of drug-likeness (QED) is 0.468. The Bertz CT molecular complexity index is 481. The lowest BCUT2D eigenvalue weighted by atomic mass is 9.60. The van der Waals surface area contributed by atoms with Crippen LogP contribution >= 0.6 is 0 Å². The number of ether oxygens (including phenoxy) is 2. The van der Waals surface area contributed by atoms with Gasteiger partial charge in [-0.2, -0.15) is 0 Å². The van der Waals surface area contributed by atoms with Crippen molar-refractivity contribution in [3.05, 3.63) is 24.3 Å².